The van der Waals surface area contributed by atoms with Crippen LogP contribution in [0.25, 0.3) is 0 Å². The number of carboxylic acids is 2. The number of rotatable bonds is 12. The Morgan fingerprint density at radius 2 is 1.61 bits per heavy atom. The summed E-state index contributed by atoms with van der Waals surface area (Å²) in [5, 5.41) is 18.3. The van der Waals surface area contributed by atoms with E-state index in [0.29, 0.717) is 5.92 Å². The molecule has 2 fully saturated rings. The van der Waals surface area contributed by atoms with Gasteiger partial charge in [0.05, 0.1) is 5.92 Å². The molecular weight excluding hydrogens is 352 g/mol. The lowest BCUT2D eigenvalue weighted by atomic mass is 9.80. The van der Waals surface area contributed by atoms with E-state index < -0.39 is 11.9 Å². The Kier molecular flexibility index (Phi) is 10.1. The van der Waals surface area contributed by atoms with Crippen LogP contribution in [-0.4, -0.2) is 22.2 Å². The molecule has 4 nitrogen and oxygen atoms in total. The number of hydrogen-bond donors (Lipinski definition) is 2. The lowest BCUT2D eigenvalue weighted by molar-refractivity contribution is -0.143. The van der Waals surface area contributed by atoms with Crippen LogP contribution in [0, 0.1) is 29.6 Å². The molecule has 28 heavy (non-hydrogen) atoms. The Hall–Kier alpha value is -1.32. The van der Waals surface area contributed by atoms with Gasteiger partial charge in [-0.15, -0.1) is 0 Å². The van der Waals surface area contributed by atoms with Crippen molar-refractivity contribution in [1.82, 2.24) is 0 Å². The van der Waals surface area contributed by atoms with Crippen molar-refractivity contribution >= 4 is 11.9 Å². The molecule has 0 spiro atoms. The molecule has 0 radical (unpaired) electrons. The normalized spacial score (nSPS) is 30.7. The largest absolute Gasteiger partial charge is 0.481 e. The topological polar surface area (TPSA) is 74.6 Å². The monoisotopic (exact) mass is 392 g/mol. The second-order valence-electron chi connectivity index (χ2n) is 9.33. The van der Waals surface area contributed by atoms with Crippen LogP contribution in [0.5, 0.6) is 0 Å². The summed E-state index contributed by atoms with van der Waals surface area (Å²) in [6.07, 6.45) is 19.3. The van der Waals surface area contributed by atoms with Gasteiger partial charge in [-0.2, -0.15) is 0 Å². The second-order valence-corrected chi connectivity index (χ2v) is 9.33. The van der Waals surface area contributed by atoms with Crippen LogP contribution in [0.2, 0.25) is 0 Å². The van der Waals surface area contributed by atoms with E-state index in [4.69, 9.17) is 5.11 Å². The third-order valence-corrected chi connectivity index (χ3v) is 7.13. The zero-order valence-corrected chi connectivity index (χ0v) is 17.7. The lowest BCUT2D eigenvalue weighted by Crippen LogP contribution is -2.21. The first-order valence-corrected chi connectivity index (χ1v) is 11.6. The Bertz CT molecular complexity index is 505. The van der Waals surface area contributed by atoms with Gasteiger partial charge in [-0.25, -0.2) is 0 Å². The van der Waals surface area contributed by atoms with Crippen molar-refractivity contribution in [1.29, 1.82) is 0 Å². The molecule has 0 amide bonds. The van der Waals surface area contributed by atoms with Crippen molar-refractivity contribution in [2.45, 2.75) is 96.8 Å². The van der Waals surface area contributed by atoms with Gasteiger partial charge < -0.3 is 10.2 Å². The molecule has 160 valence electrons. The zero-order chi connectivity index (χ0) is 20.4. The van der Waals surface area contributed by atoms with Gasteiger partial charge in [-0.1, -0.05) is 64.0 Å². The Labute approximate surface area is 170 Å². The number of hydrogen-bond acceptors (Lipinski definition) is 2. The van der Waals surface area contributed by atoms with E-state index in [-0.39, 0.29) is 18.3 Å². The number of carboxylic acid groups (broad SMARTS) is 2. The fourth-order valence-corrected chi connectivity index (χ4v) is 5.29. The summed E-state index contributed by atoms with van der Waals surface area (Å²) in [6, 6.07) is 0. The van der Waals surface area contributed by atoms with E-state index >= 15 is 0 Å². The number of carbonyl (C=O) groups is 2. The molecule has 2 N–H and O–H groups in total. The number of unbranched alkanes of at least 4 members (excludes halogenated alkanes) is 3. The molecule has 0 aromatic rings. The molecule has 0 bridgehead atoms. The van der Waals surface area contributed by atoms with Crippen LogP contribution in [0.3, 0.4) is 0 Å². The third kappa shape index (κ3) is 7.97. The van der Waals surface area contributed by atoms with Crippen LogP contribution >= 0.6 is 0 Å². The summed E-state index contributed by atoms with van der Waals surface area (Å²) in [5.74, 6) is 0.891. The molecule has 0 saturated heterocycles. The van der Waals surface area contributed by atoms with Crippen molar-refractivity contribution in [2.24, 2.45) is 29.6 Å². The van der Waals surface area contributed by atoms with Crippen LogP contribution < -0.4 is 0 Å². The van der Waals surface area contributed by atoms with Gasteiger partial charge in [-0.3, -0.25) is 9.59 Å². The van der Waals surface area contributed by atoms with Crippen LogP contribution in [-0.2, 0) is 9.59 Å². The fraction of sp³-hybridized carbons (Fsp3) is 0.833. The summed E-state index contributed by atoms with van der Waals surface area (Å²) < 4.78 is 0. The summed E-state index contributed by atoms with van der Waals surface area (Å²) >= 11 is 0. The maximum Gasteiger partial charge on any atom is 0.306 e. The first-order chi connectivity index (χ1) is 13.5. The maximum atomic E-state index is 11.6. The van der Waals surface area contributed by atoms with Crippen LogP contribution in [0.1, 0.15) is 96.8 Å². The van der Waals surface area contributed by atoms with Gasteiger partial charge in [0.25, 0.3) is 0 Å². The molecule has 2 aliphatic carbocycles. The van der Waals surface area contributed by atoms with Gasteiger partial charge in [-0.05, 0) is 62.2 Å². The molecule has 2 saturated carbocycles. The van der Waals surface area contributed by atoms with E-state index in [9.17, 15) is 14.7 Å². The highest BCUT2D eigenvalue weighted by molar-refractivity contribution is 5.70. The van der Waals surface area contributed by atoms with Crippen molar-refractivity contribution in [3.05, 3.63) is 12.2 Å². The predicted molar refractivity (Wildman–Crippen MR) is 112 cm³/mol. The minimum atomic E-state index is -0.727. The lowest BCUT2D eigenvalue weighted by Gasteiger charge is -2.25. The van der Waals surface area contributed by atoms with Crippen molar-refractivity contribution in [3.63, 3.8) is 0 Å². The summed E-state index contributed by atoms with van der Waals surface area (Å²) in [4.78, 5) is 22.2. The van der Waals surface area contributed by atoms with Gasteiger partial charge >= 0.3 is 11.9 Å². The Balaban J connectivity index is 1.72. The predicted octanol–water partition coefficient (Wildman–Crippen LogP) is 6.30. The van der Waals surface area contributed by atoms with Crippen molar-refractivity contribution in [3.8, 4) is 0 Å². The highest BCUT2D eigenvalue weighted by Crippen LogP contribution is 2.41. The molecule has 0 heterocycles. The Morgan fingerprint density at radius 3 is 2.29 bits per heavy atom. The average Bonchev–Trinajstić information content (AvgIpc) is 3.06. The summed E-state index contributed by atoms with van der Waals surface area (Å²) in [7, 11) is 0. The molecular formula is C24H40O4. The molecule has 2 aliphatic rings. The molecule has 4 heteroatoms. The van der Waals surface area contributed by atoms with E-state index in [0.717, 1.165) is 63.2 Å². The van der Waals surface area contributed by atoms with Crippen LogP contribution in [0.15, 0.2) is 12.2 Å². The molecule has 3 atom stereocenters. The quantitative estimate of drug-likeness (QED) is 0.302. The zero-order valence-electron chi connectivity index (χ0n) is 17.7. The van der Waals surface area contributed by atoms with E-state index in [2.05, 4.69) is 19.1 Å². The number of allylic oxidation sites excluding steroid dienone is 2. The Morgan fingerprint density at radius 1 is 0.893 bits per heavy atom. The van der Waals surface area contributed by atoms with E-state index in [1.165, 1.54) is 32.1 Å². The first kappa shape index (κ1) is 23.0. The van der Waals surface area contributed by atoms with E-state index in [1.54, 1.807) is 0 Å². The minimum Gasteiger partial charge on any atom is -0.481 e. The number of aliphatic carboxylic acids is 2. The van der Waals surface area contributed by atoms with Gasteiger partial charge in [0.2, 0.25) is 0 Å². The standard InChI is InChI=1S/C24H40O4/c1-18-12-14-19(15-13-18)8-6-7-9-20-16-17-22(24(27)28)21(20)10-4-2-3-5-11-23(25)26/h7,9,18-22H,2-6,8,10-17H2,1H3,(H,25,26)(H,27,28)/t18?,19?,20-,21+,22+/m0/s1. The molecule has 0 aliphatic heterocycles. The van der Waals surface area contributed by atoms with E-state index in [1.807, 2.05) is 0 Å². The minimum absolute atomic E-state index is 0.200. The fourth-order valence-electron chi connectivity index (χ4n) is 5.29. The molecule has 0 unspecified atom stereocenters. The van der Waals surface area contributed by atoms with Crippen LogP contribution in [0.4, 0.5) is 0 Å². The van der Waals surface area contributed by atoms with Gasteiger partial charge in [0.15, 0.2) is 0 Å². The highest BCUT2D eigenvalue weighted by Gasteiger charge is 2.38. The van der Waals surface area contributed by atoms with Gasteiger partial charge in [0.1, 0.15) is 0 Å². The SMILES string of the molecule is CC1CCC(CCC=C[C@H]2CC[C@@H](C(=O)O)[C@@H]2CCCCCCC(=O)O)CC1. The summed E-state index contributed by atoms with van der Waals surface area (Å²) in [6.45, 7) is 2.36. The smallest absolute Gasteiger partial charge is 0.306 e. The highest BCUT2D eigenvalue weighted by atomic mass is 16.4. The molecule has 0 aromatic carbocycles. The van der Waals surface area contributed by atoms with Crippen molar-refractivity contribution in [2.75, 3.05) is 0 Å². The first-order valence-electron chi connectivity index (χ1n) is 11.6. The summed E-state index contributed by atoms with van der Waals surface area (Å²) in [5.41, 5.74) is 0. The third-order valence-electron chi connectivity index (χ3n) is 7.13. The van der Waals surface area contributed by atoms with Crippen molar-refractivity contribution < 1.29 is 19.8 Å². The molecule has 0 aromatic heterocycles. The maximum absolute atomic E-state index is 11.6. The second kappa shape index (κ2) is 12.3. The average molecular weight is 393 g/mol. The van der Waals surface area contributed by atoms with Gasteiger partial charge in [0, 0.05) is 6.42 Å². The molecule has 2 rings (SSSR count).